The lowest BCUT2D eigenvalue weighted by Crippen LogP contribution is -2.89. The van der Waals surface area contributed by atoms with Gasteiger partial charge in [0.1, 0.15) is 0 Å². The zero-order valence-corrected chi connectivity index (χ0v) is 5.70. The van der Waals surface area contributed by atoms with Crippen molar-refractivity contribution in [1.29, 1.82) is 0 Å². The monoisotopic (exact) mass is 167 g/mol. The first-order chi connectivity index (χ1) is 5.75. The number of urea groups is 1. The van der Waals surface area contributed by atoms with Crippen LogP contribution < -0.4 is 10.3 Å². The topological polar surface area (TPSA) is 85.0 Å². The Balaban J connectivity index is 2.22. The van der Waals surface area contributed by atoms with Crippen molar-refractivity contribution in [2.75, 3.05) is 0 Å². The van der Waals surface area contributed by atoms with Gasteiger partial charge in [-0.05, 0) is 0 Å². The number of hydroxylamine groups is 2. The van der Waals surface area contributed by atoms with Crippen molar-refractivity contribution >= 4 is 23.8 Å². The van der Waals surface area contributed by atoms with Gasteiger partial charge in [0.15, 0.2) is 0 Å². The summed E-state index contributed by atoms with van der Waals surface area (Å²) in [6, 6.07) is -0.967. The molecule has 60 valence electrons. The molecule has 2 N–H and O–H groups in total. The van der Waals surface area contributed by atoms with Gasteiger partial charge in [-0.25, -0.2) is 9.79 Å². The van der Waals surface area contributed by atoms with Crippen LogP contribution in [0.25, 0.3) is 0 Å². The normalized spacial score (nSPS) is 29.7. The molecule has 3 rings (SSSR count). The van der Waals surface area contributed by atoms with Crippen molar-refractivity contribution in [2.45, 2.75) is 6.04 Å². The number of aliphatic imine (C=N–C) groups is 1. The highest BCUT2D eigenvalue weighted by molar-refractivity contribution is 6.23. The number of carbonyl (C=O) groups is 2. The van der Waals surface area contributed by atoms with Gasteiger partial charge < -0.3 is 0 Å². The van der Waals surface area contributed by atoms with Gasteiger partial charge in [-0.3, -0.25) is 14.9 Å². The van der Waals surface area contributed by atoms with Crippen LogP contribution in [0.1, 0.15) is 0 Å². The summed E-state index contributed by atoms with van der Waals surface area (Å²) < 4.78 is 0. The first-order valence-corrected chi connectivity index (χ1v) is 3.31. The van der Waals surface area contributed by atoms with Crippen molar-refractivity contribution in [2.24, 2.45) is 4.99 Å². The van der Waals surface area contributed by atoms with Crippen LogP contribution in [0.4, 0.5) is 4.79 Å². The fourth-order valence-corrected chi connectivity index (χ4v) is 1.27. The number of nitrogens with one attached hydrogen (secondary N) is 2. The van der Waals surface area contributed by atoms with E-state index in [0.29, 0.717) is 10.9 Å². The Labute approximate surface area is 65.7 Å². The Morgan fingerprint density at radius 3 is 3.25 bits per heavy atom. The first kappa shape index (κ1) is 5.70. The number of amides is 3. The van der Waals surface area contributed by atoms with E-state index in [-0.39, 0.29) is 6.02 Å². The molecule has 3 heterocycles. The standard InChI is InChI=1S/C5H2N4O3/c10-3-1-2-7-4(6-1)12-9(3)5(11)8-2/h1H,(H,6,7,8,11)/p+1. The molecule has 0 aromatic rings. The molecular weight excluding hydrogens is 164 g/mol. The third-order valence-corrected chi connectivity index (χ3v) is 1.81. The van der Waals surface area contributed by atoms with Crippen LogP contribution in [0.5, 0.6) is 0 Å². The predicted molar refractivity (Wildman–Crippen MR) is 33.7 cm³/mol. The Morgan fingerprint density at radius 1 is 1.58 bits per heavy atom. The van der Waals surface area contributed by atoms with Crippen molar-refractivity contribution in [1.82, 2.24) is 10.4 Å². The number of hydrogen-bond donors (Lipinski definition) is 2. The Kier molecular flexibility index (Phi) is 0.698. The molecule has 1 saturated heterocycles. The highest BCUT2D eigenvalue weighted by Gasteiger charge is 2.55. The molecule has 0 radical (unpaired) electrons. The summed E-state index contributed by atoms with van der Waals surface area (Å²) in [6.45, 7) is 0. The van der Waals surface area contributed by atoms with E-state index in [1.165, 1.54) is 0 Å². The maximum Gasteiger partial charge on any atom is 0.519 e. The van der Waals surface area contributed by atoms with Crippen LogP contribution in [0.15, 0.2) is 4.99 Å². The second-order valence-corrected chi connectivity index (χ2v) is 2.53. The average molecular weight is 167 g/mol. The van der Waals surface area contributed by atoms with Gasteiger partial charge in [-0.1, -0.05) is 5.06 Å². The van der Waals surface area contributed by atoms with Crippen LogP contribution in [-0.4, -0.2) is 34.9 Å². The molecule has 0 aromatic carbocycles. The van der Waals surface area contributed by atoms with Crippen LogP contribution in [0.3, 0.4) is 0 Å². The summed E-state index contributed by atoms with van der Waals surface area (Å²) in [5.41, 5.74) is 0. The molecule has 3 aliphatic heterocycles. The molecule has 7 heteroatoms. The highest BCUT2D eigenvalue weighted by Crippen LogP contribution is 2.10. The molecule has 3 amide bonds. The molecule has 1 fully saturated rings. The highest BCUT2D eigenvalue weighted by atomic mass is 16.7. The summed E-state index contributed by atoms with van der Waals surface area (Å²) >= 11 is 0. The lowest BCUT2D eigenvalue weighted by molar-refractivity contribution is -0.491. The van der Waals surface area contributed by atoms with E-state index in [2.05, 4.69) is 15.3 Å². The number of imide groups is 1. The minimum absolute atomic E-state index is 0.188. The van der Waals surface area contributed by atoms with E-state index < -0.39 is 18.0 Å². The molecular formula is C5H3N4O3+. The summed E-state index contributed by atoms with van der Waals surface area (Å²) in [6.07, 6.45) is 0. The Morgan fingerprint density at radius 2 is 2.42 bits per heavy atom. The van der Waals surface area contributed by atoms with E-state index >= 15 is 0 Å². The fraction of sp³-hybridized carbons (Fsp3) is 0.200. The van der Waals surface area contributed by atoms with E-state index in [1.807, 2.05) is 0 Å². The molecule has 0 aromatic heterocycles. The molecule has 12 heavy (non-hydrogen) atoms. The van der Waals surface area contributed by atoms with Gasteiger partial charge in [0, 0.05) is 4.99 Å². The second-order valence-electron chi connectivity index (χ2n) is 2.53. The summed E-state index contributed by atoms with van der Waals surface area (Å²) in [5, 5.41) is 3.07. The minimum atomic E-state index is -0.591. The molecule has 7 nitrogen and oxygen atoms in total. The third-order valence-electron chi connectivity index (χ3n) is 1.81. The summed E-state index contributed by atoms with van der Waals surface area (Å²) in [4.78, 5) is 33.5. The summed E-state index contributed by atoms with van der Waals surface area (Å²) in [5.74, 6) is -0.118. The Bertz CT molecular complexity index is 371. The molecule has 3 aliphatic rings. The van der Waals surface area contributed by atoms with Gasteiger partial charge >= 0.3 is 18.0 Å². The average Bonchev–Trinajstić information content (AvgIpc) is 2.27. The fourth-order valence-electron chi connectivity index (χ4n) is 1.27. The van der Waals surface area contributed by atoms with E-state index in [1.54, 1.807) is 0 Å². The number of rotatable bonds is 0. The zero-order valence-electron chi connectivity index (χ0n) is 5.70. The molecule has 1 unspecified atom stereocenters. The number of hydrogen-bond acceptors (Lipinski definition) is 4. The Hall–Kier alpha value is -1.92. The maximum atomic E-state index is 11.2. The lowest BCUT2D eigenvalue weighted by atomic mass is 10.2. The van der Waals surface area contributed by atoms with Crippen LogP contribution in [0.2, 0.25) is 0 Å². The molecule has 0 spiro atoms. The van der Waals surface area contributed by atoms with Crippen LogP contribution >= 0.6 is 0 Å². The molecule has 0 saturated carbocycles. The van der Waals surface area contributed by atoms with Gasteiger partial charge in [0.05, 0.1) is 0 Å². The quantitative estimate of drug-likeness (QED) is 0.396. The van der Waals surface area contributed by atoms with Crippen molar-refractivity contribution in [3.63, 3.8) is 0 Å². The SMILES string of the molecule is O=C1NC2=NC3=[NH+]C2C(=O)N1O3. The van der Waals surface area contributed by atoms with E-state index in [9.17, 15) is 9.59 Å². The maximum absolute atomic E-state index is 11.2. The molecule has 1 atom stereocenters. The van der Waals surface area contributed by atoms with E-state index in [0.717, 1.165) is 0 Å². The summed E-state index contributed by atoms with van der Waals surface area (Å²) in [7, 11) is 0. The van der Waals surface area contributed by atoms with Gasteiger partial charge in [0.2, 0.25) is 0 Å². The van der Waals surface area contributed by atoms with Crippen LogP contribution in [-0.2, 0) is 9.63 Å². The number of carbonyl (C=O) groups excluding carboxylic acids is 2. The zero-order chi connectivity index (χ0) is 8.29. The van der Waals surface area contributed by atoms with Crippen molar-refractivity contribution < 1.29 is 19.4 Å². The van der Waals surface area contributed by atoms with Gasteiger partial charge in [-0.2, -0.15) is 0 Å². The van der Waals surface area contributed by atoms with Gasteiger partial charge in [-0.15, -0.1) is 0 Å². The number of nitrogens with zero attached hydrogens (tertiary/aromatic N) is 2. The smallest absolute Gasteiger partial charge is 0.287 e. The van der Waals surface area contributed by atoms with Gasteiger partial charge in [0.25, 0.3) is 11.9 Å². The lowest BCUT2D eigenvalue weighted by Gasteiger charge is -2.23. The predicted octanol–water partition coefficient (Wildman–Crippen LogP) is -3.30. The first-order valence-electron chi connectivity index (χ1n) is 3.31. The largest absolute Gasteiger partial charge is 0.519 e. The third kappa shape index (κ3) is 0.448. The number of amidine groups is 2. The minimum Gasteiger partial charge on any atom is -0.287 e. The van der Waals surface area contributed by atoms with Crippen molar-refractivity contribution in [3.05, 3.63) is 0 Å². The van der Waals surface area contributed by atoms with Crippen LogP contribution in [0, 0.1) is 0 Å². The number of fused-ring (bicyclic) bond motifs is 1. The van der Waals surface area contributed by atoms with E-state index in [4.69, 9.17) is 4.84 Å². The molecule has 3 bridgehead atoms. The second kappa shape index (κ2) is 1.47. The van der Waals surface area contributed by atoms with Crippen molar-refractivity contribution in [3.8, 4) is 0 Å². The molecule has 0 aliphatic carbocycles.